The van der Waals surface area contributed by atoms with E-state index >= 15 is 0 Å². The molecule has 0 unspecified atom stereocenters. The van der Waals surface area contributed by atoms with Crippen molar-refractivity contribution in [2.24, 2.45) is 0 Å². The van der Waals surface area contributed by atoms with Gasteiger partial charge >= 0.3 is 0 Å². The molecule has 1 aromatic carbocycles. The first kappa shape index (κ1) is 12.8. The Balaban J connectivity index is 0.00000128. The number of amides is 1. The fourth-order valence-electron chi connectivity index (χ4n) is 1.78. The number of anilines is 2. The number of carbonyl (C=O) groups is 1. The van der Waals surface area contributed by atoms with Gasteiger partial charge in [-0.2, -0.15) is 0 Å². The Bertz CT molecular complexity index is 340. The van der Waals surface area contributed by atoms with Gasteiger partial charge in [-0.05, 0) is 18.2 Å². The van der Waals surface area contributed by atoms with Crippen LogP contribution in [0, 0.1) is 0 Å². The number of carbonyl (C=O) groups excluding carboxylic acids is 1. The summed E-state index contributed by atoms with van der Waals surface area (Å²) in [6.07, 6.45) is 0.705. The van der Waals surface area contributed by atoms with Crippen LogP contribution in [-0.4, -0.2) is 32.6 Å². The van der Waals surface area contributed by atoms with Crippen molar-refractivity contribution in [3.63, 3.8) is 0 Å². The third kappa shape index (κ3) is 3.12. The summed E-state index contributed by atoms with van der Waals surface area (Å²) in [5.41, 5.74) is 2.02. The summed E-state index contributed by atoms with van der Waals surface area (Å²) < 4.78 is 0. The molecule has 0 spiro atoms. The lowest BCUT2D eigenvalue weighted by molar-refractivity contribution is -0.105. The van der Waals surface area contributed by atoms with Gasteiger partial charge in [0, 0.05) is 37.6 Å². The van der Waals surface area contributed by atoms with E-state index in [1.807, 2.05) is 18.2 Å². The van der Waals surface area contributed by atoms with E-state index in [1.54, 1.807) is 0 Å². The van der Waals surface area contributed by atoms with Gasteiger partial charge in [-0.3, -0.25) is 4.79 Å². The van der Waals surface area contributed by atoms with E-state index in [9.17, 15) is 4.79 Å². The molecular weight excluding hydrogens is 226 g/mol. The summed E-state index contributed by atoms with van der Waals surface area (Å²) in [6.45, 7) is 4.08. The molecule has 0 saturated carbocycles. The maximum Gasteiger partial charge on any atom is 0.211 e. The summed E-state index contributed by atoms with van der Waals surface area (Å²) in [5.74, 6) is 0. The first-order valence-electron chi connectivity index (χ1n) is 5.16. The van der Waals surface area contributed by atoms with Crippen molar-refractivity contribution in [3.8, 4) is 0 Å². The summed E-state index contributed by atoms with van der Waals surface area (Å²) in [6, 6.07) is 7.92. The van der Waals surface area contributed by atoms with Gasteiger partial charge in [0.1, 0.15) is 0 Å². The van der Waals surface area contributed by atoms with Crippen molar-refractivity contribution >= 4 is 30.2 Å². The Morgan fingerprint density at radius 2 is 2.06 bits per heavy atom. The Labute approximate surface area is 101 Å². The van der Waals surface area contributed by atoms with Crippen LogP contribution >= 0.6 is 12.4 Å². The van der Waals surface area contributed by atoms with Gasteiger partial charge in [0.05, 0.1) is 0 Å². The van der Waals surface area contributed by atoms with Crippen molar-refractivity contribution in [1.29, 1.82) is 0 Å². The van der Waals surface area contributed by atoms with Crippen molar-refractivity contribution in [3.05, 3.63) is 24.3 Å². The maximum atomic E-state index is 10.3. The predicted molar refractivity (Wildman–Crippen MR) is 68.5 cm³/mol. The Morgan fingerprint density at radius 1 is 1.31 bits per heavy atom. The van der Waals surface area contributed by atoms with Crippen LogP contribution in [0.15, 0.2) is 24.3 Å². The molecule has 1 fully saturated rings. The van der Waals surface area contributed by atoms with E-state index in [0.717, 1.165) is 31.9 Å². The molecule has 2 N–H and O–H groups in total. The maximum absolute atomic E-state index is 10.3. The van der Waals surface area contributed by atoms with Crippen molar-refractivity contribution in [2.75, 3.05) is 36.4 Å². The molecule has 5 heteroatoms. The van der Waals surface area contributed by atoms with Crippen molar-refractivity contribution in [2.45, 2.75) is 0 Å². The number of hydrogen-bond acceptors (Lipinski definition) is 3. The average molecular weight is 242 g/mol. The Morgan fingerprint density at radius 3 is 2.75 bits per heavy atom. The molecule has 1 aromatic rings. The normalized spacial score (nSPS) is 15.1. The highest BCUT2D eigenvalue weighted by atomic mass is 35.5. The molecule has 16 heavy (non-hydrogen) atoms. The first-order valence-corrected chi connectivity index (χ1v) is 5.16. The summed E-state index contributed by atoms with van der Waals surface area (Å²) in [5, 5.41) is 5.97. The standard InChI is InChI=1S/C11H15N3O.ClH/c15-9-13-10-2-1-3-11(8-10)14-6-4-12-5-7-14;/h1-3,8-9,12H,4-7H2,(H,13,15);1H. The molecular formula is C11H16ClN3O. The minimum Gasteiger partial charge on any atom is -0.369 e. The average Bonchev–Trinajstić information content (AvgIpc) is 2.31. The molecule has 88 valence electrons. The van der Waals surface area contributed by atoms with Crippen molar-refractivity contribution < 1.29 is 4.79 Å². The lowest BCUT2D eigenvalue weighted by Crippen LogP contribution is -2.43. The molecule has 0 aromatic heterocycles. The van der Waals surface area contributed by atoms with Crippen LogP contribution in [-0.2, 0) is 4.79 Å². The highest BCUT2D eigenvalue weighted by molar-refractivity contribution is 5.85. The number of nitrogens with one attached hydrogen (secondary N) is 2. The molecule has 1 heterocycles. The lowest BCUT2D eigenvalue weighted by Gasteiger charge is -2.29. The SMILES string of the molecule is Cl.O=CNc1cccc(N2CCNCC2)c1. The minimum atomic E-state index is 0. The fourth-order valence-corrected chi connectivity index (χ4v) is 1.78. The molecule has 0 atom stereocenters. The van der Waals surface area contributed by atoms with Crippen LogP contribution in [0.5, 0.6) is 0 Å². The number of piperazine rings is 1. The molecule has 0 aliphatic carbocycles. The van der Waals surface area contributed by atoms with E-state index in [2.05, 4.69) is 21.6 Å². The first-order chi connectivity index (χ1) is 7.40. The molecule has 2 rings (SSSR count). The second-order valence-electron chi connectivity index (χ2n) is 3.55. The Kier molecular flexibility index (Phi) is 5.08. The van der Waals surface area contributed by atoms with Gasteiger partial charge in [0.15, 0.2) is 0 Å². The summed E-state index contributed by atoms with van der Waals surface area (Å²) in [7, 11) is 0. The van der Waals surface area contributed by atoms with Crippen LogP contribution in [0.3, 0.4) is 0 Å². The molecule has 1 aliphatic heterocycles. The second-order valence-corrected chi connectivity index (χ2v) is 3.55. The number of rotatable bonds is 3. The number of benzene rings is 1. The topological polar surface area (TPSA) is 44.4 Å². The fraction of sp³-hybridized carbons (Fsp3) is 0.364. The number of hydrogen-bond donors (Lipinski definition) is 2. The second kappa shape index (κ2) is 6.35. The predicted octanol–water partition coefficient (Wildman–Crippen LogP) is 1.09. The molecule has 0 bridgehead atoms. The largest absolute Gasteiger partial charge is 0.369 e. The highest BCUT2D eigenvalue weighted by Gasteiger charge is 2.09. The zero-order valence-corrected chi connectivity index (χ0v) is 9.80. The van der Waals surface area contributed by atoms with Gasteiger partial charge in [0.25, 0.3) is 0 Å². The molecule has 4 nitrogen and oxygen atoms in total. The minimum absolute atomic E-state index is 0. The molecule has 1 aliphatic rings. The van der Waals surface area contributed by atoms with Crippen LogP contribution < -0.4 is 15.5 Å². The van der Waals surface area contributed by atoms with Crippen molar-refractivity contribution in [1.82, 2.24) is 5.32 Å². The van der Waals surface area contributed by atoms with Gasteiger partial charge in [-0.25, -0.2) is 0 Å². The van der Waals surface area contributed by atoms with Gasteiger partial charge in [-0.15, -0.1) is 12.4 Å². The molecule has 0 radical (unpaired) electrons. The van der Waals surface area contributed by atoms with Crippen LogP contribution in [0.4, 0.5) is 11.4 Å². The zero-order chi connectivity index (χ0) is 10.5. The van der Waals surface area contributed by atoms with Gasteiger partial charge in [-0.1, -0.05) is 6.07 Å². The monoisotopic (exact) mass is 241 g/mol. The Hall–Kier alpha value is -1.26. The van der Waals surface area contributed by atoms with Crippen LogP contribution in [0.25, 0.3) is 0 Å². The van der Waals surface area contributed by atoms with Gasteiger partial charge in [0.2, 0.25) is 6.41 Å². The van der Waals surface area contributed by atoms with E-state index in [4.69, 9.17) is 0 Å². The van der Waals surface area contributed by atoms with E-state index in [0.29, 0.717) is 6.41 Å². The van der Waals surface area contributed by atoms with E-state index < -0.39 is 0 Å². The quantitative estimate of drug-likeness (QED) is 0.779. The number of halogens is 1. The molecule has 1 amide bonds. The molecule has 1 saturated heterocycles. The summed E-state index contributed by atoms with van der Waals surface area (Å²) in [4.78, 5) is 12.6. The zero-order valence-electron chi connectivity index (χ0n) is 8.98. The van der Waals surface area contributed by atoms with Crippen LogP contribution in [0.2, 0.25) is 0 Å². The van der Waals surface area contributed by atoms with E-state index in [-0.39, 0.29) is 12.4 Å². The highest BCUT2D eigenvalue weighted by Crippen LogP contribution is 2.19. The lowest BCUT2D eigenvalue weighted by atomic mass is 10.2. The third-order valence-electron chi connectivity index (χ3n) is 2.55. The van der Waals surface area contributed by atoms with E-state index in [1.165, 1.54) is 5.69 Å². The van der Waals surface area contributed by atoms with Gasteiger partial charge < -0.3 is 15.5 Å². The number of nitrogens with zero attached hydrogens (tertiary/aromatic N) is 1. The third-order valence-corrected chi connectivity index (χ3v) is 2.55. The summed E-state index contributed by atoms with van der Waals surface area (Å²) >= 11 is 0. The van der Waals surface area contributed by atoms with Crippen LogP contribution in [0.1, 0.15) is 0 Å². The smallest absolute Gasteiger partial charge is 0.211 e.